The summed E-state index contributed by atoms with van der Waals surface area (Å²) in [7, 11) is 0. The summed E-state index contributed by atoms with van der Waals surface area (Å²) in [5.74, 6) is 5.91. The Morgan fingerprint density at radius 3 is 2.48 bits per heavy atom. The standard InChI is InChI=1S/C18H25NO2/c1-13(2)12-19(14(3)4)18(21)17-11-15(5)8-9-16(17)7-6-10-20/h8-9,11,13-14,20H,10,12H2,1-5H3. The summed E-state index contributed by atoms with van der Waals surface area (Å²) >= 11 is 0. The number of amides is 1. The largest absolute Gasteiger partial charge is 0.384 e. The van der Waals surface area contributed by atoms with E-state index in [1.807, 2.05) is 43.9 Å². The molecule has 0 bridgehead atoms. The second-order valence-corrected chi connectivity index (χ2v) is 5.95. The lowest BCUT2D eigenvalue weighted by molar-refractivity contribution is 0.0681. The fraction of sp³-hybridized carbons (Fsp3) is 0.500. The molecule has 0 heterocycles. The Hall–Kier alpha value is -1.79. The van der Waals surface area contributed by atoms with Crippen LogP contribution in [0.3, 0.4) is 0 Å². The summed E-state index contributed by atoms with van der Waals surface area (Å²) in [4.78, 5) is 14.7. The molecule has 21 heavy (non-hydrogen) atoms. The van der Waals surface area contributed by atoms with Crippen LogP contribution in [-0.2, 0) is 0 Å². The molecule has 3 nitrogen and oxygen atoms in total. The molecular weight excluding hydrogens is 262 g/mol. The number of aliphatic hydroxyl groups excluding tert-OH is 1. The first-order chi connectivity index (χ1) is 9.86. The van der Waals surface area contributed by atoms with Crippen molar-refractivity contribution >= 4 is 5.91 Å². The Labute approximate surface area is 128 Å². The minimum atomic E-state index is -0.207. The van der Waals surface area contributed by atoms with Gasteiger partial charge in [0.15, 0.2) is 0 Å². The number of hydrogen-bond acceptors (Lipinski definition) is 2. The number of carbonyl (C=O) groups excluding carboxylic acids is 1. The van der Waals surface area contributed by atoms with Crippen molar-refractivity contribution in [1.82, 2.24) is 4.90 Å². The molecule has 0 spiro atoms. The van der Waals surface area contributed by atoms with Crippen LogP contribution in [0.4, 0.5) is 0 Å². The maximum Gasteiger partial charge on any atom is 0.255 e. The van der Waals surface area contributed by atoms with Gasteiger partial charge in [-0.05, 0) is 38.8 Å². The number of benzene rings is 1. The summed E-state index contributed by atoms with van der Waals surface area (Å²) in [6.45, 7) is 10.7. The van der Waals surface area contributed by atoms with Gasteiger partial charge >= 0.3 is 0 Å². The molecule has 0 aromatic heterocycles. The Morgan fingerprint density at radius 1 is 1.29 bits per heavy atom. The number of nitrogens with zero attached hydrogens (tertiary/aromatic N) is 1. The Morgan fingerprint density at radius 2 is 1.95 bits per heavy atom. The molecule has 3 heteroatoms. The summed E-state index contributed by atoms with van der Waals surface area (Å²) in [6, 6.07) is 5.79. The molecule has 0 atom stereocenters. The third-order valence-corrected chi connectivity index (χ3v) is 3.15. The van der Waals surface area contributed by atoms with E-state index < -0.39 is 0 Å². The van der Waals surface area contributed by atoms with Gasteiger partial charge in [0.25, 0.3) is 5.91 Å². The minimum absolute atomic E-state index is 0.00430. The van der Waals surface area contributed by atoms with Crippen molar-refractivity contribution in [1.29, 1.82) is 0 Å². The number of carbonyl (C=O) groups is 1. The van der Waals surface area contributed by atoms with E-state index in [2.05, 4.69) is 25.7 Å². The van der Waals surface area contributed by atoms with Gasteiger partial charge < -0.3 is 10.0 Å². The second kappa shape index (κ2) is 7.85. The van der Waals surface area contributed by atoms with Gasteiger partial charge in [-0.1, -0.05) is 37.3 Å². The number of aryl methyl sites for hydroxylation is 1. The van der Waals surface area contributed by atoms with Crippen molar-refractivity contribution < 1.29 is 9.90 Å². The molecule has 1 amide bonds. The van der Waals surface area contributed by atoms with Crippen LogP contribution < -0.4 is 0 Å². The molecule has 0 unspecified atom stereocenters. The first kappa shape index (κ1) is 17.3. The Balaban J connectivity index is 3.22. The van der Waals surface area contributed by atoms with E-state index in [1.54, 1.807) is 0 Å². The highest BCUT2D eigenvalue weighted by Crippen LogP contribution is 2.16. The lowest BCUT2D eigenvalue weighted by Crippen LogP contribution is -2.39. The smallest absolute Gasteiger partial charge is 0.255 e. The summed E-state index contributed by atoms with van der Waals surface area (Å²) in [5, 5.41) is 8.86. The highest BCUT2D eigenvalue weighted by atomic mass is 16.2. The van der Waals surface area contributed by atoms with E-state index in [4.69, 9.17) is 5.11 Å². The molecular formula is C18H25NO2. The van der Waals surface area contributed by atoms with Crippen molar-refractivity contribution in [2.75, 3.05) is 13.2 Å². The van der Waals surface area contributed by atoms with Crippen LogP contribution in [-0.4, -0.2) is 35.1 Å². The Bertz CT molecular complexity index is 550. The summed E-state index contributed by atoms with van der Waals surface area (Å²) in [6.07, 6.45) is 0. The van der Waals surface area contributed by atoms with E-state index in [9.17, 15) is 4.79 Å². The van der Waals surface area contributed by atoms with Crippen LogP contribution in [0.5, 0.6) is 0 Å². The van der Waals surface area contributed by atoms with Crippen molar-refractivity contribution in [3.8, 4) is 11.8 Å². The lowest BCUT2D eigenvalue weighted by Gasteiger charge is -2.29. The monoisotopic (exact) mass is 287 g/mol. The van der Waals surface area contributed by atoms with Crippen molar-refractivity contribution in [3.63, 3.8) is 0 Å². The van der Waals surface area contributed by atoms with E-state index in [-0.39, 0.29) is 18.6 Å². The van der Waals surface area contributed by atoms with Crippen LogP contribution in [0.15, 0.2) is 18.2 Å². The third kappa shape index (κ3) is 4.91. The fourth-order valence-electron chi connectivity index (χ4n) is 2.16. The molecule has 1 rings (SSSR count). The van der Waals surface area contributed by atoms with E-state index >= 15 is 0 Å². The first-order valence-electron chi connectivity index (χ1n) is 7.38. The lowest BCUT2D eigenvalue weighted by atomic mass is 10.0. The molecule has 0 saturated carbocycles. The maximum absolute atomic E-state index is 12.9. The average Bonchev–Trinajstić information content (AvgIpc) is 2.42. The SMILES string of the molecule is Cc1ccc(C#CCO)c(C(=O)N(CC(C)C)C(C)C)c1. The van der Waals surface area contributed by atoms with Gasteiger partial charge in [-0.2, -0.15) is 0 Å². The van der Waals surface area contributed by atoms with E-state index in [1.165, 1.54) is 0 Å². The highest BCUT2D eigenvalue weighted by Gasteiger charge is 2.21. The van der Waals surface area contributed by atoms with Gasteiger partial charge in [-0.15, -0.1) is 0 Å². The molecule has 0 fully saturated rings. The zero-order chi connectivity index (χ0) is 16.0. The molecule has 1 N–H and O–H groups in total. The maximum atomic E-state index is 12.9. The summed E-state index contributed by atoms with van der Waals surface area (Å²) in [5.41, 5.74) is 2.32. The normalized spacial score (nSPS) is 10.5. The average molecular weight is 287 g/mol. The van der Waals surface area contributed by atoms with E-state index in [0.29, 0.717) is 17.0 Å². The Kier molecular flexibility index (Phi) is 6.45. The zero-order valence-corrected chi connectivity index (χ0v) is 13.6. The van der Waals surface area contributed by atoms with Gasteiger partial charge in [-0.3, -0.25) is 4.79 Å². The number of aliphatic hydroxyl groups is 1. The van der Waals surface area contributed by atoms with Gasteiger partial charge in [0.05, 0.1) is 5.56 Å². The van der Waals surface area contributed by atoms with Gasteiger partial charge in [0.2, 0.25) is 0 Å². The fourth-order valence-corrected chi connectivity index (χ4v) is 2.16. The van der Waals surface area contributed by atoms with Crippen LogP contribution in [0, 0.1) is 24.7 Å². The van der Waals surface area contributed by atoms with Crippen LogP contribution in [0.2, 0.25) is 0 Å². The predicted octanol–water partition coefficient (Wildman–Crippen LogP) is 2.85. The van der Waals surface area contributed by atoms with Crippen LogP contribution in [0.1, 0.15) is 49.2 Å². The molecule has 0 aliphatic heterocycles. The summed E-state index contributed by atoms with van der Waals surface area (Å²) < 4.78 is 0. The van der Waals surface area contributed by atoms with Crippen LogP contribution >= 0.6 is 0 Å². The molecule has 0 aliphatic rings. The second-order valence-electron chi connectivity index (χ2n) is 5.95. The van der Waals surface area contributed by atoms with Crippen molar-refractivity contribution in [2.24, 2.45) is 5.92 Å². The molecule has 0 aliphatic carbocycles. The molecule has 0 saturated heterocycles. The third-order valence-electron chi connectivity index (χ3n) is 3.15. The molecule has 0 radical (unpaired) electrons. The molecule has 1 aromatic rings. The number of hydrogen-bond donors (Lipinski definition) is 1. The van der Waals surface area contributed by atoms with Gasteiger partial charge in [0, 0.05) is 18.2 Å². The highest BCUT2D eigenvalue weighted by molar-refractivity contribution is 5.97. The van der Waals surface area contributed by atoms with Crippen LogP contribution in [0.25, 0.3) is 0 Å². The van der Waals surface area contributed by atoms with Crippen molar-refractivity contribution in [3.05, 3.63) is 34.9 Å². The number of rotatable bonds is 4. The van der Waals surface area contributed by atoms with Gasteiger partial charge in [-0.25, -0.2) is 0 Å². The van der Waals surface area contributed by atoms with Crippen molar-refractivity contribution in [2.45, 2.75) is 40.7 Å². The van der Waals surface area contributed by atoms with E-state index in [0.717, 1.165) is 12.1 Å². The first-order valence-corrected chi connectivity index (χ1v) is 7.38. The molecule has 1 aromatic carbocycles. The zero-order valence-electron chi connectivity index (χ0n) is 13.6. The quantitative estimate of drug-likeness (QED) is 0.865. The minimum Gasteiger partial charge on any atom is -0.384 e. The molecule has 114 valence electrons. The van der Waals surface area contributed by atoms with Gasteiger partial charge in [0.1, 0.15) is 6.61 Å². The predicted molar refractivity (Wildman–Crippen MR) is 86.2 cm³/mol. The topological polar surface area (TPSA) is 40.5 Å².